The molecule has 0 spiro atoms. The lowest BCUT2D eigenvalue weighted by atomic mass is 9.92. The summed E-state index contributed by atoms with van der Waals surface area (Å²) in [6.45, 7) is 0.679. The van der Waals surface area contributed by atoms with E-state index in [1.807, 2.05) is 24.3 Å². The van der Waals surface area contributed by atoms with E-state index in [0.717, 1.165) is 23.9 Å². The molecule has 2 heterocycles. The Balaban J connectivity index is 1.58. The number of likely N-dealkylation sites (tertiary alicyclic amines) is 1. The van der Waals surface area contributed by atoms with Crippen molar-refractivity contribution in [2.45, 2.75) is 19.4 Å². The van der Waals surface area contributed by atoms with Crippen LogP contribution in [0, 0.1) is 17.8 Å². The van der Waals surface area contributed by atoms with Crippen molar-refractivity contribution in [1.82, 2.24) is 14.0 Å². The SMILES string of the molecule is Cn1c(=O)n(CC(=O)N2C[C@H](C(=O)O)[C@@H](C3CC3)C2)c2ccccc21. The van der Waals surface area contributed by atoms with E-state index in [1.165, 1.54) is 9.13 Å². The highest BCUT2D eigenvalue weighted by molar-refractivity contribution is 5.82. The molecule has 1 N–H and O–H groups in total. The highest BCUT2D eigenvalue weighted by Crippen LogP contribution is 2.44. The second-order valence-electron chi connectivity index (χ2n) is 7.16. The largest absolute Gasteiger partial charge is 0.481 e. The summed E-state index contributed by atoms with van der Waals surface area (Å²) in [5.41, 5.74) is 1.26. The quantitative estimate of drug-likeness (QED) is 0.894. The van der Waals surface area contributed by atoms with Gasteiger partial charge in [-0.05, 0) is 36.8 Å². The normalized spacial score (nSPS) is 23.3. The Bertz CT molecular complexity index is 909. The second-order valence-corrected chi connectivity index (χ2v) is 7.16. The topological polar surface area (TPSA) is 84.5 Å². The molecule has 2 aliphatic rings. The van der Waals surface area contributed by atoms with Crippen LogP contribution in [0.3, 0.4) is 0 Å². The summed E-state index contributed by atoms with van der Waals surface area (Å²) in [5.74, 6) is -1.02. The zero-order valence-electron chi connectivity index (χ0n) is 14.1. The Morgan fingerprint density at radius 3 is 2.48 bits per heavy atom. The molecular weight excluding hydrogens is 322 g/mol. The number of imidazole rings is 1. The molecule has 25 heavy (non-hydrogen) atoms. The van der Waals surface area contributed by atoms with E-state index in [0.29, 0.717) is 12.5 Å². The third-order valence-electron chi connectivity index (χ3n) is 5.61. The fourth-order valence-corrected chi connectivity index (χ4v) is 4.05. The van der Waals surface area contributed by atoms with E-state index in [2.05, 4.69) is 0 Å². The monoisotopic (exact) mass is 343 g/mol. The van der Waals surface area contributed by atoms with Gasteiger partial charge in [0, 0.05) is 20.1 Å². The fourth-order valence-electron chi connectivity index (χ4n) is 4.05. The number of benzene rings is 1. The molecule has 7 nitrogen and oxygen atoms in total. The van der Waals surface area contributed by atoms with Gasteiger partial charge in [0.25, 0.3) is 0 Å². The summed E-state index contributed by atoms with van der Waals surface area (Å²) in [7, 11) is 1.69. The third-order valence-corrected chi connectivity index (χ3v) is 5.61. The summed E-state index contributed by atoms with van der Waals surface area (Å²) in [6, 6.07) is 7.35. The van der Waals surface area contributed by atoms with Crippen LogP contribution in [-0.4, -0.2) is 44.1 Å². The van der Waals surface area contributed by atoms with Gasteiger partial charge in [0.15, 0.2) is 0 Å². The van der Waals surface area contributed by atoms with Crippen LogP contribution in [-0.2, 0) is 23.2 Å². The molecule has 2 fully saturated rings. The van der Waals surface area contributed by atoms with Gasteiger partial charge in [0.05, 0.1) is 17.0 Å². The third kappa shape index (κ3) is 2.63. The molecule has 1 aromatic carbocycles. The van der Waals surface area contributed by atoms with Crippen LogP contribution in [0.4, 0.5) is 0 Å². The van der Waals surface area contributed by atoms with E-state index < -0.39 is 11.9 Å². The molecule has 0 bridgehead atoms. The number of hydrogen-bond donors (Lipinski definition) is 1. The zero-order valence-corrected chi connectivity index (χ0v) is 14.1. The first-order valence-electron chi connectivity index (χ1n) is 8.62. The number of carboxylic acids is 1. The summed E-state index contributed by atoms with van der Waals surface area (Å²) in [4.78, 5) is 38.3. The van der Waals surface area contributed by atoms with Crippen LogP contribution in [0.2, 0.25) is 0 Å². The summed E-state index contributed by atoms with van der Waals surface area (Å²) >= 11 is 0. The van der Waals surface area contributed by atoms with Crippen LogP contribution in [0.1, 0.15) is 12.8 Å². The summed E-state index contributed by atoms with van der Waals surface area (Å²) in [6.07, 6.45) is 2.11. The van der Waals surface area contributed by atoms with Crippen molar-refractivity contribution in [3.63, 3.8) is 0 Å². The van der Waals surface area contributed by atoms with Gasteiger partial charge < -0.3 is 10.0 Å². The molecule has 2 atom stereocenters. The molecule has 1 aliphatic carbocycles. The molecule has 7 heteroatoms. The number of aliphatic carboxylic acids is 1. The molecule has 1 saturated heterocycles. The number of aryl methyl sites for hydroxylation is 1. The van der Waals surface area contributed by atoms with Crippen LogP contribution in [0.5, 0.6) is 0 Å². The number of nitrogens with zero attached hydrogens (tertiary/aromatic N) is 3. The van der Waals surface area contributed by atoms with E-state index in [1.54, 1.807) is 11.9 Å². The predicted molar refractivity (Wildman–Crippen MR) is 91.1 cm³/mol. The van der Waals surface area contributed by atoms with Crippen LogP contribution in [0.25, 0.3) is 11.0 Å². The lowest BCUT2D eigenvalue weighted by molar-refractivity contribution is -0.142. The summed E-state index contributed by atoms with van der Waals surface area (Å²) in [5, 5.41) is 9.44. The van der Waals surface area contributed by atoms with Crippen molar-refractivity contribution < 1.29 is 14.7 Å². The lowest BCUT2D eigenvalue weighted by Crippen LogP contribution is -2.35. The van der Waals surface area contributed by atoms with E-state index >= 15 is 0 Å². The number of fused-ring (bicyclic) bond motifs is 1. The van der Waals surface area contributed by atoms with Gasteiger partial charge in [-0.3, -0.25) is 18.7 Å². The number of rotatable bonds is 4. The van der Waals surface area contributed by atoms with Crippen molar-refractivity contribution in [3.05, 3.63) is 34.7 Å². The highest BCUT2D eigenvalue weighted by atomic mass is 16.4. The van der Waals surface area contributed by atoms with Gasteiger partial charge in [-0.25, -0.2) is 4.79 Å². The minimum atomic E-state index is -0.825. The number of hydrogen-bond acceptors (Lipinski definition) is 3. The van der Waals surface area contributed by atoms with Gasteiger partial charge >= 0.3 is 11.7 Å². The number of carboxylic acid groups (broad SMARTS) is 1. The average molecular weight is 343 g/mol. The van der Waals surface area contributed by atoms with Crippen molar-refractivity contribution in [3.8, 4) is 0 Å². The van der Waals surface area contributed by atoms with E-state index in [4.69, 9.17) is 0 Å². The maximum absolute atomic E-state index is 12.7. The number of amides is 1. The van der Waals surface area contributed by atoms with Crippen molar-refractivity contribution in [2.24, 2.45) is 24.8 Å². The number of carbonyl (C=O) groups is 2. The minimum absolute atomic E-state index is 0.0469. The number of para-hydroxylation sites is 2. The van der Waals surface area contributed by atoms with Crippen LogP contribution < -0.4 is 5.69 Å². The Kier molecular flexibility index (Phi) is 3.67. The van der Waals surface area contributed by atoms with E-state index in [9.17, 15) is 19.5 Å². The Morgan fingerprint density at radius 1 is 1.16 bits per heavy atom. The molecule has 4 rings (SSSR count). The molecule has 0 radical (unpaired) electrons. The van der Waals surface area contributed by atoms with Crippen molar-refractivity contribution >= 4 is 22.9 Å². The predicted octanol–water partition coefficient (Wildman–Crippen LogP) is 0.909. The molecule has 1 amide bonds. The van der Waals surface area contributed by atoms with Gasteiger partial charge in [-0.1, -0.05) is 12.1 Å². The van der Waals surface area contributed by atoms with Gasteiger partial charge in [-0.15, -0.1) is 0 Å². The summed E-state index contributed by atoms with van der Waals surface area (Å²) < 4.78 is 3.00. The Morgan fingerprint density at radius 2 is 1.84 bits per heavy atom. The van der Waals surface area contributed by atoms with Crippen LogP contribution in [0.15, 0.2) is 29.1 Å². The van der Waals surface area contributed by atoms with Gasteiger partial charge in [0.1, 0.15) is 6.54 Å². The molecule has 0 unspecified atom stereocenters. The van der Waals surface area contributed by atoms with Crippen molar-refractivity contribution in [1.29, 1.82) is 0 Å². The maximum Gasteiger partial charge on any atom is 0.329 e. The molecule has 1 aliphatic heterocycles. The first-order valence-corrected chi connectivity index (χ1v) is 8.62. The van der Waals surface area contributed by atoms with Crippen LogP contribution >= 0.6 is 0 Å². The van der Waals surface area contributed by atoms with Gasteiger partial charge in [-0.2, -0.15) is 0 Å². The zero-order chi connectivity index (χ0) is 17.7. The molecule has 1 saturated carbocycles. The number of carbonyl (C=O) groups excluding carboxylic acids is 1. The Labute approximate surface area is 144 Å². The number of aromatic nitrogens is 2. The average Bonchev–Trinajstić information content (AvgIpc) is 3.30. The Hall–Kier alpha value is -2.57. The molecular formula is C18H21N3O4. The fraction of sp³-hybridized carbons (Fsp3) is 0.500. The van der Waals surface area contributed by atoms with Gasteiger partial charge in [0.2, 0.25) is 5.91 Å². The standard InChI is InChI=1S/C18H21N3O4/c1-19-14-4-2-3-5-15(14)21(18(19)25)10-16(22)20-8-12(11-6-7-11)13(9-20)17(23)24/h2-5,11-13H,6-10H2,1H3,(H,23,24)/t12-,13+/m1/s1. The first kappa shape index (κ1) is 15.9. The smallest absolute Gasteiger partial charge is 0.329 e. The van der Waals surface area contributed by atoms with E-state index in [-0.39, 0.29) is 30.6 Å². The van der Waals surface area contributed by atoms with Crippen molar-refractivity contribution in [2.75, 3.05) is 13.1 Å². The molecule has 1 aromatic heterocycles. The molecule has 132 valence electrons. The molecule has 2 aromatic rings. The first-order chi connectivity index (χ1) is 12.0. The minimum Gasteiger partial charge on any atom is -0.481 e. The second kappa shape index (κ2) is 5.75. The highest BCUT2D eigenvalue weighted by Gasteiger charge is 2.46. The lowest BCUT2D eigenvalue weighted by Gasteiger charge is -2.16. The maximum atomic E-state index is 12.7.